The van der Waals surface area contributed by atoms with Gasteiger partial charge in [0.15, 0.2) is 0 Å². The molecule has 5 aromatic carbocycles. The van der Waals surface area contributed by atoms with Gasteiger partial charge in [-0.3, -0.25) is 0 Å². The van der Waals surface area contributed by atoms with Crippen molar-refractivity contribution in [2.75, 3.05) is 52.9 Å². The van der Waals surface area contributed by atoms with E-state index in [-0.39, 0.29) is 43.8 Å². The monoisotopic (exact) mass is 1010 g/mol. The Morgan fingerprint density at radius 1 is 0.392 bits per heavy atom. The van der Waals surface area contributed by atoms with Gasteiger partial charge in [-0.05, 0) is 160 Å². The molecule has 0 aliphatic rings. The average Bonchev–Trinajstić information content (AvgIpc) is 3.42. The lowest BCUT2D eigenvalue weighted by Crippen LogP contribution is -2.12. The Morgan fingerprint density at radius 3 is 1.31 bits per heavy atom. The lowest BCUT2D eigenvalue weighted by atomic mass is 10.1. The number of carbonyl (C=O) groups excluding carboxylic acids is 5. The van der Waals surface area contributed by atoms with Crippen molar-refractivity contribution in [3.05, 3.63) is 158 Å². The summed E-state index contributed by atoms with van der Waals surface area (Å²) in [4.78, 5) is 65.1. The van der Waals surface area contributed by atoms with E-state index in [1.807, 2.05) is 0 Å². The van der Waals surface area contributed by atoms with Crippen LogP contribution in [0.15, 0.2) is 147 Å². The zero-order valence-corrected chi connectivity index (χ0v) is 41.1. The van der Waals surface area contributed by atoms with Gasteiger partial charge >= 0.3 is 29.8 Å². The van der Waals surface area contributed by atoms with E-state index in [1.54, 1.807) is 109 Å². The van der Waals surface area contributed by atoms with Crippen LogP contribution in [0.4, 0.5) is 0 Å². The summed E-state index contributed by atoms with van der Waals surface area (Å²) < 4.78 is 55.9. The molecule has 0 amide bonds. The third-order valence-corrected chi connectivity index (χ3v) is 10.9. The lowest BCUT2D eigenvalue weighted by Gasteiger charge is -2.14. The van der Waals surface area contributed by atoms with Gasteiger partial charge in [0.1, 0.15) is 47.7 Å². The second kappa shape index (κ2) is 29.7. The van der Waals surface area contributed by atoms with Crippen LogP contribution in [0.1, 0.15) is 72.1 Å². The highest BCUT2D eigenvalue weighted by atomic mass is 16.6. The second-order valence-electron chi connectivity index (χ2n) is 16.3. The number of aromatic nitrogens is 1. The second-order valence-corrected chi connectivity index (χ2v) is 16.3. The van der Waals surface area contributed by atoms with E-state index >= 15 is 0 Å². The Labute approximate surface area is 429 Å². The molecule has 0 fully saturated rings. The molecule has 0 saturated carbocycles. The molecule has 0 unspecified atom stereocenters. The molecule has 0 bridgehead atoms. The quantitative estimate of drug-likeness (QED) is 0.00967. The molecule has 1 aromatic heterocycles. The van der Waals surface area contributed by atoms with Crippen LogP contribution in [-0.4, -0.2) is 87.7 Å². The van der Waals surface area contributed by atoms with Crippen LogP contribution in [0.25, 0.3) is 21.7 Å². The van der Waals surface area contributed by atoms with E-state index in [2.05, 4.69) is 19.7 Å². The Morgan fingerprint density at radius 2 is 0.797 bits per heavy atom. The molecule has 0 aliphatic heterocycles. The molecule has 386 valence electrons. The molecule has 0 atom stereocenters. The highest BCUT2D eigenvalue weighted by molar-refractivity contribution is 6.09. The van der Waals surface area contributed by atoms with Crippen LogP contribution in [-0.2, 0) is 33.3 Å². The summed E-state index contributed by atoms with van der Waals surface area (Å²) in [6.07, 6.45) is 10.2. The highest BCUT2D eigenvalue weighted by Crippen LogP contribution is 2.37. The summed E-state index contributed by atoms with van der Waals surface area (Å²) in [6, 6.07) is 30.6. The Bertz CT molecular complexity index is 2840. The van der Waals surface area contributed by atoms with Gasteiger partial charge in [-0.2, -0.15) is 0 Å². The van der Waals surface area contributed by atoms with Crippen LogP contribution in [0.5, 0.6) is 40.4 Å². The fourth-order valence-corrected chi connectivity index (χ4v) is 7.10. The lowest BCUT2D eigenvalue weighted by molar-refractivity contribution is -0.139. The van der Waals surface area contributed by atoms with Crippen molar-refractivity contribution in [1.29, 1.82) is 0 Å². The number of carbonyl (C=O) groups is 5. The fourth-order valence-electron chi connectivity index (χ4n) is 7.10. The van der Waals surface area contributed by atoms with Crippen LogP contribution >= 0.6 is 0 Å². The van der Waals surface area contributed by atoms with Crippen LogP contribution in [0, 0.1) is 0 Å². The first-order valence-electron chi connectivity index (χ1n) is 24.3. The van der Waals surface area contributed by atoms with Crippen molar-refractivity contribution in [3.8, 4) is 40.4 Å². The number of nitrogens with zero attached hydrogens (tertiary/aromatic N) is 1. The van der Waals surface area contributed by atoms with Crippen molar-refractivity contribution in [1.82, 2.24) is 4.98 Å². The predicted molar refractivity (Wildman–Crippen MR) is 276 cm³/mol. The summed E-state index contributed by atoms with van der Waals surface area (Å²) in [5, 5.41) is 1.99. The number of unbranched alkanes of at least 4 members (excludes halogenated alkanes) is 6. The molecule has 16 nitrogen and oxygen atoms in total. The van der Waals surface area contributed by atoms with Crippen LogP contribution in [0.2, 0.25) is 0 Å². The Hall–Kier alpha value is -8.50. The van der Waals surface area contributed by atoms with E-state index < -0.39 is 29.8 Å². The zero-order chi connectivity index (χ0) is 52.3. The molecule has 0 aliphatic carbocycles. The van der Waals surface area contributed by atoms with Crippen molar-refractivity contribution in [2.45, 2.75) is 51.4 Å². The number of esters is 5. The molecule has 16 heteroatoms. The van der Waals surface area contributed by atoms with Gasteiger partial charge < -0.3 is 47.4 Å². The Kier molecular flexibility index (Phi) is 22.0. The zero-order valence-electron chi connectivity index (χ0n) is 41.1. The number of hydrogen-bond acceptors (Lipinski definition) is 16. The smallest absolute Gasteiger partial charge is 0.343 e. The van der Waals surface area contributed by atoms with E-state index in [0.717, 1.165) is 80.4 Å². The topological polar surface area (TPSA) is 191 Å². The molecule has 0 radical (unpaired) electrons. The largest absolute Gasteiger partial charge is 0.494 e. The average molecular weight is 1010 g/mol. The van der Waals surface area contributed by atoms with Gasteiger partial charge in [0.25, 0.3) is 0 Å². The number of benzene rings is 5. The van der Waals surface area contributed by atoms with Gasteiger partial charge in [-0.15, -0.1) is 0 Å². The summed E-state index contributed by atoms with van der Waals surface area (Å²) in [6.45, 7) is 12.7. The minimum Gasteiger partial charge on any atom is -0.494 e. The maximum Gasteiger partial charge on any atom is 0.343 e. The first-order chi connectivity index (χ1) is 36.1. The normalized spacial score (nSPS) is 10.7. The van der Waals surface area contributed by atoms with E-state index in [0.29, 0.717) is 71.5 Å². The molecule has 74 heavy (non-hydrogen) atoms. The molecule has 6 aromatic rings. The summed E-state index contributed by atoms with van der Waals surface area (Å²) >= 11 is 0. The number of hydrogen-bond donors (Lipinski definition) is 0. The number of fused-ring (bicyclic) bond motifs is 3. The summed E-state index contributed by atoms with van der Waals surface area (Å²) in [5.41, 5.74) is 1.11. The van der Waals surface area contributed by atoms with Crippen LogP contribution < -0.4 is 28.4 Å². The summed E-state index contributed by atoms with van der Waals surface area (Å²) in [5.74, 6) is 0.398. The SMILES string of the molecule is C=CC(=O)OCCCCCCOc1ccc(C(=O)Oc2ccc3c(c2)nc(Oc2ccc(OCCOCCOC(=O)C=C)cc2)c2cc(OC(=O)c4ccc(OCCCCCCOC(=O)C=C)cc4)ccc23)cc1. The maximum absolute atomic E-state index is 13.4. The molecule has 6 rings (SSSR count). The molecule has 1 heterocycles. The Balaban J connectivity index is 1.10. The van der Waals surface area contributed by atoms with Crippen molar-refractivity contribution in [3.63, 3.8) is 0 Å². The fraction of sp³-hybridized carbons (Fsp3) is 0.276. The molecular formula is C58H59NO15. The number of pyridine rings is 1. The van der Waals surface area contributed by atoms with Gasteiger partial charge in [0.05, 0.1) is 56.3 Å². The van der Waals surface area contributed by atoms with Crippen molar-refractivity contribution >= 4 is 51.5 Å². The highest BCUT2D eigenvalue weighted by Gasteiger charge is 2.17. The third-order valence-electron chi connectivity index (χ3n) is 10.9. The predicted octanol–water partition coefficient (Wildman–Crippen LogP) is 11.1. The molecule has 0 N–H and O–H groups in total. The minimum atomic E-state index is -0.580. The summed E-state index contributed by atoms with van der Waals surface area (Å²) in [7, 11) is 0. The van der Waals surface area contributed by atoms with Crippen LogP contribution in [0.3, 0.4) is 0 Å². The molecule has 0 saturated heterocycles. The van der Waals surface area contributed by atoms with Gasteiger partial charge in [0.2, 0.25) is 5.88 Å². The van der Waals surface area contributed by atoms with Crippen molar-refractivity contribution < 1.29 is 71.3 Å². The van der Waals surface area contributed by atoms with Gasteiger partial charge in [0, 0.05) is 35.1 Å². The minimum absolute atomic E-state index is 0.104. The molecule has 0 spiro atoms. The molecular weight excluding hydrogens is 951 g/mol. The van der Waals surface area contributed by atoms with Gasteiger partial charge in [-0.25, -0.2) is 29.0 Å². The van der Waals surface area contributed by atoms with E-state index in [4.69, 9.17) is 52.4 Å². The first-order valence-corrected chi connectivity index (χ1v) is 24.3. The third kappa shape index (κ3) is 18.0. The van der Waals surface area contributed by atoms with Crippen molar-refractivity contribution in [2.24, 2.45) is 0 Å². The first kappa shape index (κ1) is 54.8. The van der Waals surface area contributed by atoms with E-state index in [1.165, 1.54) is 0 Å². The number of ether oxygens (including phenoxy) is 10. The standard InChI is InChI=1S/C58H59NO15/c1-4-53(60)69-33-13-9-7-11-31-66-43-19-15-41(16-20-43)57(63)73-47-27-29-49-50-30-28-48(74-58(64)42-17-21-44(22-18-42)67-32-12-8-10-14-34-70-54(61)5-2)40-52(50)59-56(51(49)39-47)72-46-25-23-45(24-26-46)68-37-35-65-36-38-71-55(62)6-3/h4-6,15-30,39-40H,1-3,7-14,31-38H2. The number of rotatable bonds is 32. The van der Waals surface area contributed by atoms with Gasteiger partial charge in [-0.1, -0.05) is 19.7 Å². The van der Waals surface area contributed by atoms with E-state index in [9.17, 15) is 24.0 Å². The maximum atomic E-state index is 13.4.